The van der Waals surface area contributed by atoms with Crippen LogP contribution in [0.3, 0.4) is 0 Å². The fourth-order valence-corrected chi connectivity index (χ4v) is 6.32. The van der Waals surface area contributed by atoms with Gasteiger partial charge in [-0.05, 0) is 80.8 Å². The van der Waals surface area contributed by atoms with Crippen LogP contribution in [-0.4, -0.2) is 47.8 Å². The summed E-state index contributed by atoms with van der Waals surface area (Å²) in [6.45, 7) is 7.18. The number of thiocarbonyl (C=S) groups is 1. The first-order valence-corrected chi connectivity index (χ1v) is 14.6. The highest BCUT2D eigenvalue weighted by atomic mass is 32.1. The van der Waals surface area contributed by atoms with Gasteiger partial charge in [0.05, 0.1) is 0 Å². The lowest BCUT2D eigenvalue weighted by Gasteiger charge is -2.38. The number of hydrogen-bond acceptors (Lipinski definition) is 5. The van der Waals surface area contributed by atoms with Gasteiger partial charge in [0.25, 0.3) is 0 Å². The Hall–Kier alpha value is -2.48. The standard InChI is InChI=1S/C29H41FN6S/c1-22-12-18-36(19-13-22)26-20-25(35-16-6-3-7-17-35)32-27(33-26)34-28(37)31-21-29(14-4-2-5-15-29)23-8-10-24(30)11-9-23/h8-11,20,22H,2-7,12-19,21H2,1H3,(H2,31,32,33,34,37). The predicted molar refractivity (Wildman–Crippen MR) is 154 cm³/mol. The summed E-state index contributed by atoms with van der Waals surface area (Å²) < 4.78 is 13.6. The number of anilines is 3. The van der Waals surface area contributed by atoms with Gasteiger partial charge in [0.15, 0.2) is 5.11 Å². The highest BCUT2D eigenvalue weighted by Gasteiger charge is 2.34. The van der Waals surface area contributed by atoms with Crippen LogP contribution in [-0.2, 0) is 5.41 Å². The normalized spacial score (nSPS) is 20.5. The molecule has 37 heavy (non-hydrogen) atoms. The smallest absolute Gasteiger partial charge is 0.232 e. The molecule has 1 saturated carbocycles. The van der Waals surface area contributed by atoms with Gasteiger partial charge in [-0.15, -0.1) is 0 Å². The van der Waals surface area contributed by atoms with E-state index in [2.05, 4.69) is 33.4 Å². The molecule has 1 aromatic heterocycles. The molecule has 8 heteroatoms. The molecule has 0 atom stereocenters. The largest absolute Gasteiger partial charge is 0.361 e. The molecule has 1 aliphatic carbocycles. The van der Waals surface area contributed by atoms with E-state index in [1.54, 1.807) is 12.1 Å². The molecular formula is C29H41FN6S. The van der Waals surface area contributed by atoms with Crippen LogP contribution >= 0.6 is 12.2 Å². The number of piperidine rings is 2. The molecule has 200 valence electrons. The van der Waals surface area contributed by atoms with Gasteiger partial charge in [0.2, 0.25) is 5.95 Å². The first-order valence-electron chi connectivity index (χ1n) is 14.2. The van der Waals surface area contributed by atoms with Crippen molar-refractivity contribution in [1.82, 2.24) is 15.3 Å². The van der Waals surface area contributed by atoms with Gasteiger partial charge in [-0.25, -0.2) is 4.39 Å². The molecule has 2 N–H and O–H groups in total. The molecular weight excluding hydrogens is 483 g/mol. The molecule has 0 radical (unpaired) electrons. The minimum absolute atomic E-state index is 0.0378. The minimum Gasteiger partial charge on any atom is -0.361 e. The molecule has 3 aliphatic rings. The summed E-state index contributed by atoms with van der Waals surface area (Å²) >= 11 is 5.75. The van der Waals surface area contributed by atoms with Crippen molar-refractivity contribution in [1.29, 1.82) is 0 Å². The second kappa shape index (κ2) is 11.9. The van der Waals surface area contributed by atoms with E-state index in [1.165, 1.54) is 56.9 Å². The number of nitrogens with one attached hydrogen (secondary N) is 2. The lowest BCUT2D eigenvalue weighted by atomic mass is 9.69. The number of halogens is 1. The Kier molecular flexibility index (Phi) is 8.43. The van der Waals surface area contributed by atoms with Crippen LogP contribution in [0, 0.1) is 11.7 Å². The van der Waals surface area contributed by atoms with E-state index in [0.717, 1.165) is 56.6 Å². The van der Waals surface area contributed by atoms with Crippen molar-refractivity contribution in [2.45, 2.75) is 76.5 Å². The second-order valence-electron chi connectivity index (χ2n) is 11.3. The number of aromatic nitrogens is 2. The number of nitrogens with zero attached hydrogens (tertiary/aromatic N) is 4. The summed E-state index contributed by atoms with van der Waals surface area (Å²) in [6, 6.07) is 9.19. The molecule has 1 aromatic carbocycles. The average molecular weight is 525 g/mol. The molecule has 0 unspecified atom stereocenters. The Morgan fingerprint density at radius 2 is 1.51 bits per heavy atom. The van der Waals surface area contributed by atoms with Crippen LogP contribution in [0.5, 0.6) is 0 Å². The van der Waals surface area contributed by atoms with Crippen molar-refractivity contribution in [3.63, 3.8) is 0 Å². The van der Waals surface area contributed by atoms with Crippen LogP contribution in [0.25, 0.3) is 0 Å². The van der Waals surface area contributed by atoms with Gasteiger partial charge >= 0.3 is 0 Å². The lowest BCUT2D eigenvalue weighted by molar-refractivity contribution is 0.292. The van der Waals surface area contributed by atoms with E-state index in [4.69, 9.17) is 22.2 Å². The van der Waals surface area contributed by atoms with E-state index in [-0.39, 0.29) is 11.2 Å². The first-order chi connectivity index (χ1) is 18.0. The maximum atomic E-state index is 13.6. The zero-order valence-electron chi connectivity index (χ0n) is 22.1. The van der Waals surface area contributed by atoms with Crippen molar-refractivity contribution in [3.8, 4) is 0 Å². The Bertz CT molecular complexity index is 1040. The van der Waals surface area contributed by atoms with Crippen LogP contribution in [0.15, 0.2) is 30.3 Å². The number of hydrogen-bond donors (Lipinski definition) is 2. The van der Waals surface area contributed by atoms with Crippen molar-refractivity contribution < 1.29 is 4.39 Å². The molecule has 3 fully saturated rings. The van der Waals surface area contributed by atoms with Crippen molar-refractivity contribution in [2.75, 3.05) is 47.8 Å². The highest BCUT2D eigenvalue weighted by molar-refractivity contribution is 7.80. The molecule has 0 spiro atoms. The van der Waals surface area contributed by atoms with E-state index in [0.29, 0.717) is 17.6 Å². The molecule has 2 saturated heterocycles. The molecule has 0 bridgehead atoms. The van der Waals surface area contributed by atoms with Gasteiger partial charge in [-0.3, -0.25) is 0 Å². The lowest BCUT2D eigenvalue weighted by Crippen LogP contribution is -2.43. The Labute approximate surface area is 226 Å². The molecule has 3 heterocycles. The molecule has 6 nitrogen and oxygen atoms in total. The first kappa shape index (κ1) is 26.1. The van der Waals surface area contributed by atoms with Crippen LogP contribution in [0.4, 0.5) is 22.0 Å². The quantitative estimate of drug-likeness (QED) is 0.448. The van der Waals surface area contributed by atoms with E-state index >= 15 is 0 Å². The van der Waals surface area contributed by atoms with Crippen LogP contribution in [0.2, 0.25) is 0 Å². The van der Waals surface area contributed by atoms with Gasteiger partial charge in [-0.1, -0.05) is 38.3 Å². The number of rotatable bonds is 6. The van der Waals surface area contributed by atoms with E-state index < -0.39 is 0 Å². The summed E-state index contributed by atoms with van der Waals surface area (Å²) in [5.41, 5.74) is 1.15. The third-order valence-electron chi connectivity index (χ3n) is 8.57. The van der Waals surface area contributed by atoms with Crippen molar-refractivity contribution >= 4 is 34.9 Å². The summed E-state index contributed by atoms with van der Waals surface area (Å²) in [5.74, 6) is 3.12. The third-order valence-corrected chi connectivity index (χ3v) is 8.81. The fourth-order valence-electron chi connectivity index (χ4n) is 6.16. The van der Waals surface area contributed by atoms with E-state index in [1.807, 2.05) is 12.1 Å². The summed E-state index contributed by atoms with van der Waals surface area (Å²) in [4.78, 5) is 14.6. The number of benzene rings is 1. The maximum absolute atomic E-state index is 13.6. The van der Waals surface area contributed by atoms with Crippen LogP contribution < -0.4 is 20.4 Å². The van der Waals surface area contributed by atoms with Gasteiger partial charge in [-0.2, -0.15) is 9.97 Å². The minimum atomic E-state index is -0.190. The van der Waals surface area contributed by atoms with E-state index in [9.17, 15) is 4.39 Å². The van der Waals surface area contributed by atoms with Gasteiger partial charge < -0.3 is 20.4 Å². The average Bonchev–Trinajstić information content (AvgIpc) is 2.93. The van der Waals surface area contributed by atoms with Gasteiger partial charge in [0.1, 0.15) is 17.5 Å². The topological polar surface area (TPSA) is 56.3 Å². The predicted octanol–water partition coefficient (Wildman–Crippen LogP) is 6.03. The Morgan fingerprint density at radius 1 is 0.919 bits per heavy atom. The van der Waals surface area contributed by atoms with Crippen molar-refractivity contribution in [2.24, 2.45) is 5.92 Å². The Balaban J connectivity index is 1.31. The summed E-state index contributed by atoms with van der Waals surface area (Å²) in [5, 5.41) is 7.33. The maximum Gasteiger partial charge on any atom is 0.232 e. The monoisotopic (exact) mass is 524 g/mol. The second-order valence-corrected chi connectivity index (χ2v) is 11.7. The van der Waals surface area contributed by atoms with Crippen LogP contribution in [0.1, 0.15) is 76.7 Å². The summed E-state index contributed by atoms with van der Waals surface area (Å²) in [6.07, 6.45) is 11.8. The Morgan fingerprint density at radius 3 is 2.16 bits per heavy atom. The fraction of sp³-hybridized carbons (Fsp3) is 0.621. The van der Waals surface area contributed by atoms with Crippen molar-refractivity contribution in [3.05, 3.63) is 41.7 Å². The highest BCUT2D eigenvalue weighted by Crippen LogP contribution is 2.39. The zero-order chi connectivity index (χ0) is 25.7. The van der Waals surface area contributed by atoms with Gasteiger partial charge in [0, 0.05) is 44.2 Å². The molecule has 2 aliphatic heterocycles. The zero-order valence-corrected chi connectivity index (χ0v) is 23.0. The molecule has 5 rings (SSSR count). The SMILES string of the molecule is CC1CCN(c2cc(N3CCCCC3)nc(NC(=S)NCC3(c4ccc(F)cc4)CCCCC3)n2)CC1. The summed E-state index contributed by atoms with van der Waals surface area (Å²) in [7, 11) is 0. The molecule has 0 amide bonds. The third kappa shape index (κ3) is 6.51. The molecule has 2 aromatic rings.